The molecule has 2 fully saturated rings. The van der Waals surface area contributed by atoms with Gasteiger partial charge in [0.1, 0.15) is 0 Å². The predicted octanol–water partition coefficient (Wildman–Crippen LogP) is 0.319. The largest absolute Gasteiger partial charge is 0.359 e. The van der Waals surface area contributed by atoms with Crippen LogP contribution in [0, 0.1) is 17.8 Å². The molecule has 1 aliphatic carbocycles. The maximum atomic E-state index is 11.3. The first kappa shape index (κ1) is 9.00. The number of piperidine rings is 1. The minimum absolute atomic E-state index is 0.249. The average Bonchev–Trinajstić information content (AvgIpc) is 2.58. The third-order valence-corrected chi connectivity index (χ3v) is 3.50. The van der Waals surface area contributed by atoms with E-state index in [2.05, 4.69) is 24.1 Å². The second-order valence-electron chi connectivity index (χ2n) is 4.52. The van der Waals surface area contributed by atoms with Gasteiger partial charge < -0.3 is 10.2 Å². The lowest BCUT2D eigenvalue weighted by molar-refractivity contribution is -0.122. The van der Waals surface area contributed by atoms with Gasteiger partial charge in [-0.2, -0.15) is 0 Å². The summed E-state index contributed by atoms with van der Waals surface area (Å²) in [6, 6.07) is 0.637. The standard InChI is InChI=1S/C10H18N2O/c1-6(2)12-4-7-8(5-12)9(7)10(13)11-3/h6-9H,4-5H2,1-3H3,(H,11,13). The number of carbonyl (C=O) groups excluding carboxylic acids is 1. The van der Waals surface area contributed by atoms with Crippen LogP contribution in [0.15, 0.2) is 0 Å². The zero-order valence-electron chi connectivity index (χ0n) is 8.58. The summed E-state index contributed by atoms with van der Waals surface area (Å²) in [5.41, 5.74) is 0. The van der Waals surface area contributed by atoms with Gasteiger partial charge in [0.25, 0.3) is 0 Å². The van der Waals surface area contributed by atoms with Crippen molar-refractivity contribution >= 4 is 5.91 Å². The molecule has 1 heterocycles. The van der Waals surface area contributed by atoms with Crippen LogP contribution >= 0.6 is 0 Å². The van der Waals surface area contributed by atoms with Gasteiger partial charge in [0.05, 0.1) is 0 Å². The zero-order valence-corrected chi connectivity index (χ0v) is 8.58. The molecule has 1 saturated heterocycles. The van der Waals surface area contributed by atoms with E-state index in [9.17, 15) is 4.79 Å². The van der Waals surface area contributed by atoms with Gasteiger partial charge in [-0.3, -0.25) is 4.79 Å². The van der Waals surface area contributed by atoms with Crippen molar-refractivity contribution < 1.29 is 4.79 Å². The van der Waals surface area contributed by atoms with Crippen LogP contribution in [-0.2, 0) is 4.79 Å². The minimum atomic E-state index is 0.249. The molecule has 1 amide bonds. The zero-order chi connectivity index (χ0) is 9.59. The number of amides is 1. The van der Waals surface area contributed by atoms with E-state index in [0.29, 0.717) is 23.8 Å². The molecule has 1 aliphatic heterocycles. The van der Waals surface area contributed by atoms with E-state index in [-0.39, 0.29) is 5.91 Å². The Hall–Kier alpha value is -0.570. The lowest BCUT2D eigenvalue weighted by atomic mass is 10.2. The molecule has 13 heavy (non-hydrogen) atoms. The Morgan fingerprint density at radius 3 is 2.31 bits per heavy atom. The molecule has 0 spiro atoms. The molecule has 1 N–H and O–H groups in total. The predicted molar refractivity (Wildman–Crippen MR) is 51.2 cm³/mol. The Morgan fingerprint density at radius 2 is 1.92 bits per heavy atom. The van der Waals surface area contributed by atoms with E-state index in [1.807, 2.05) is 0 Å². The van der Waals surface area contributed by atoms with Gasteiger partial charge >= 0.3 is 0 Å². The summed E-state index contributed by atoms with van der Waals surface area (Å²) in [6.45, 7) is 6.69. The van der Waals surface area contributed by atoms with E-state index in [4.69, 9.17) is 0 Å². The van der Waals surface area contributed by atoms with E-state index in [1.165, 1.54) is 0 Å². The highest BCUT2D eigenvalue weighted by Crippen LogP contribution is 2.52. The Balaban J connectivity index is 1.87. The molecule has 0 aromatic carbocycles. The van der Waals surface area contributed by atoms with Gasteiger partial charge in [-0.15, -0.1) is 0 Å². The molecular weight excluding hydrogens is 164 g/mol. The van der Waals surface area contributed by atoms with Gasteiger partial charge in [0, 0.05) is 32.1 Å². The second kappa shape index (κ2) is 2.98. The minimum Gasteiger partial charge on any atom is -0.359 e. The van der Waals surface area contributed by atoms with Crippen molar-refractivity contribution in [1.82, 2.24) is 10.2 Å². The number of nitrogens with zero attached hydrogens (tertiary/aromatic N) is 1. The Labute approximate surface area is 79.5 Å². The summed E-state index contributed by atoms with van der Waals surface area (Å²) >= 11 is 0. The van der Waals surface area contributed by atoms with Crippen LogP contribution in [0.2, 0.25) is 0 Å². The van der Waals surface area contributed by atoms with Crippen molar-refractivity contribution in [2.45, 2.75) is 19.9 Å². The fraction of sp³-hybridized carbons (Fsp3) is 0.900. The molecule has 3 nitrogen and oxygen atoms in total. The van der Waals surface area contributed by atoms with Crippen LogP contribution in [0.3, 0.4) is 0 Å². The number of carbonyl (C=O) groups is 1. The molecule has 2 atom stereocenters. The fourth-order valence-electron chi connectivity index (χ4n) is 2.54. The SMILES string of the molecule is CNC(=O)C1C2CN(C(C)C)CC21. The molecule has 0 radical (unpaired) electrons. The molecule has 3 heteroatoms. The monoisotopic (exact) mass is 182 g/mol. The van der Waals surface area contributed by atoms with E-state index >= 15 is 0 Å². The lowest BCUT2D eigenvalue weighted by Gasteiger charge is -2.23. The first-order chi connectivity index (χ1) is 6.15. The number of nitrogens with one attached hydrogen (secondary N) is 1. The molecule has 0 aromatic heterocycles. The van der Waals surface area contributed by atoms with Crippen molar-refractivity contribution in [3.63, 3.8) is 0 Å². The topological polar surface area (TPSA) is 32.3 Å². The summed E-state index contributed by atoms with van der Waals surface area (Å²) in [7, 11) is 1.73. The summed E-state index contributed by atoms with van der Waals surface area (Å²) in [5.74, 6) is 1.89. The molecule has 74 valence electrons. The fourth-order valence-corrected chi connectivity index (χ4v) is 2.54. The maximum Gasteiger partial charge on any atom is 0.223 e. The normalized spacial score (nSPS) is 37.7. The molecule has 2 rings (SSSR count). The summed E-state index contributed by atoms with van der Waals surface area (Å²) in [5, 5.41) is 2.74. The first-order valence-corrected chi connectivity index (χ1v) is 5.10. The third kappa shape index (κ3) is 1.35. The summed E-state index contributed by atoms with van der Waals surface area (Å²) in [4.78, 5) is 13.8. The van der Waals surface area contributed by atoms with Gasteiger partial charge in [-0.05, 0) is 25.7 Å². The average molecular weight is 182 g/mol. The Morgan fingerprint density at radius 1 is 1.38 bits per heavy atom. The molecule has 2 aliphatic rings. The summed E-state index contributed by atoms with van der Waals surface area (Å²) < 4.78 is 0. The highest BCUT2D eigenvalue weighted by molar-refractivity contribution is 5.82. The second-order valence-corrected chi connectivity index (χ2v) is 4.52. The number of rotatable bonds is 2. The van der Waals surface area contributed by atoms with Gasteiger partial charge in [0.2, 0.25) is 5.91 Å². The van der Waals surface area contributed by atoms with Crippen LogP contribution in [0.1, 0.15) is 13.8 Å². The lowest BCUT2D eigenvalue weighted by Crippen LogP contribution is -2.34. The van der Waals surface area contributed by atoms with Crippen LogP contribution in [0.5, 0.6) is 0 Å². The van der Waals surface area contributed by atoms with E-state index in [0.717, 1.165) is 13.1 Å². The van der Waals surface area contributed by atoms with Crippen molar-refractivity contribution in [2.24, 2.45) is 17.8 Å². The van der Waals surface area contributed by atoms with Crippen molar-refractivity contribution in [3.8, 4) is 0 Å². The van der Waals surface area contributed by atoms with E-state index in [1.54, 1.807) is 7.05 Å². The van der Waals surface area contributed by atoms with Crippen LogP contribution < -0.4 is 5.32 Å². The van der Waals surface area contributed by atoms with Crippen molar-refractivity contribution in [2.75, 3.05) is 20.1 Å². The first-order valence-electron chi connectivity index (χ1n) is 5.10. The highest BCUT2D eigenvalue weighted by atomic mass is 16.2. The third-order valence-electron chi connectivity index (χ3n) is 3.50. The van der Waals surface area contributed by atoms with Gasteiger partial charge in [0.15, 0.2) is 0 Å². The smallest absolute Gasteiger partial charge is 0.223 e. The number of fused-ring (bicyclic) bond motifs is 1. The molecule has 0 bridgehead atoms. The molecule has 1 saturated carbocycles. The van der Waals surface area contributed by atoms with Crippen LogP contribution in [0.25, 0.3) is 0 Å². The number of likely N-dealkylation sites (tertiary alicyclic amines) is 1. The molecular formula is C10H18N2O. The van der Waals surface area contributed by atoms with Gasteiger partial charge in [-0.1, -0.05) is 0 Å². The quantitative estimate of drug-likeness (QED) is 0.667. The molecule has 0 aromatic rings. The number of hydrogen-bond donors (Lipinski definition) is 1. The summed E-state index contributed by atoms with van der Waals surface area (Å²) in [6.07, 6.45) is 0. The Bertz CT molecular complexity index is 215. The maximum absolute atomic E-state index is 11.3. The Kier molecular flexibility index (Phi) is 2.06. The molecule has 2 unspecified atom stereocenters. The van der Waals surface area contributed by atoms with Crippen molar-refractivity contribution in [3.05, 3.63) is 0 Å². The highest BCUT2D eigenvalue weighted by Gasteiger charge is 2.59. The van der Waals surface area contributed by atoms with Crippen LogP contribution in [-0.4, -0.2) is 37.0 Å². The van der Waals surface area contributed by atoms with Gasteiger partial charge in [-0.25, -0.2) is 0 Å². The number of hydrogen-bond acceptors (Lipinski definition) is 2. The van der Waals surface area contributed by atoms with Crippen LogP contribution in [0.4, 0.5) is 0 Å². The van der Waals surface area contributed by atoms with E-state index < -0.39 is 0 Å². The van der Waals surface area contributed by atoms with Crippen molar-refractivity contribution in [1.29, 1.82) is 0 Å².